The molecule has 0 saturated carbocycles. The molecule has 3 aromatic rings. The van der Waals surface area contributed by atoms with E-state index in [1.807, 2.05) is 6.07 Å². The normalized spacial score (nSPS) is 11.3. The maximum Gasteiger partial charge on any atom is 0.120 e. The number of aryl methyl sites for hydroxylation is 1. The van der Waals surface area contributed by atoms with Gasteiger partial charge in [-0.2, -0.15) is 15.4 Å². The van der Waals surface area contributed by atoms with Crippen molar-refractivity contribution >= 4 is 21.8 Å². The Kier molecular flexibility index (Phi) is 1.71. The average Bonchev–Trinajstić information content (AvgIpc) is 2.76. The van der Waals surface area contributed by atoms with Crippen LogP contribution >= 0.6 is 0 Å². The van der Waals surface area contributed by atoms with Crippen molar-refractivity contribution in [1.29, 1.82) is 0 Å². The van der Waals surface area contributed by atoms with E-state index >= 15 is 0 Å². The average molecular weight is 197 g/mol. The molecule has 15 heavy (non-hydrogen) atoms. The van der Waals surface area contributed by atoms with E-state index in [0.717, 1.165) is 17.5 Å². The van der Waals surface area contributed by atoms with Crippen molar-refractivity contribution in [3.8, 4) is 0 Å². The first kappa shape index (κ1) is 8.41. The predicted octanol–water partition coefficient (Wildman–Crippen LogP) is 2.67. The van der Waals surface area contributed by atoms with Crippen molar-refractivity contribution in [2.75, 3.05) is 0 Å². The number of aromatic nitrogens is 3. The minimum Gasteiger partial charge on any atom is -0.197 e. The summed E-state index contributed by atoms with van der Waals surface area (Å²) in [7, 11) is 0. The van der Waals surface area contributed by atoms with E-state index in [2.05, 4.69) is 46.6 Å². The van der Waals surface area contributed by atoms with Gasteiger partial charge in [-0.25, -0.2) is 0 Å². The Morgan fingerprint density at radius 3 is 2.73 bits per heavy atom. The highest BCUT2D eigenvalue weighted by molar-refractivity contribution is 6.05. The van der Waals surface area contributed by atoms with Crippen LogP contribution < -0.4 is 0 Å². The van der Waals surface area contributed by atoms with E-state index in [0.29, 0.717) is 0 Å². The third kappa shape index (κ3) is 1.13. The minimum absolute atomic E-state index is 0.950. The SMILES string of the molecule is CCc1cc2n[nH]nc2c2ccccc12. The van der Waals surface area contributed by atoms with Gasteiger partial charge in [0.15, 0.2) is 0 Å². The van der Waals surface area contributed by atoms with Gasteiger partial charge in [0.05, 0.1) is 0 Å². The van der Waals surface area contributed by atoms with Crippen LogP contribution in [0, 0.1) is 0 Å². The van der Waals surface area contributed by atoms with Crippen molar-refractivity contribution < 1.29 is 0 Å². The highest BCUT2D eigenvalue weighted by Crippen LogP contribution is 2.26. The number of rotatable bonds is 1. The first-order valence-electron chi connectivity index (χ1n) is 5.11. The van der Waals surface area contributed by atoms with E-state index in [4.69, 9.17) is 0 Å². The number of H-pyrrole nitrogens is 1. The highest BCUT2D eigenvalue weighted by Gasteiger charge is 2.07. The summed E-state index contributed by atoms with van der Waals surface area (Å²) < 4.78 is 0. The Hall–Kier alpha value is -1.90. The molecule has 0 radical (unpaired) electrons. The standard InChI is InChI=1S/C12H11N3/c1-2-8-7-11-12(14-15-13-11)10-6-4-3-5-9(8)10/h3-7H,2H2,1H3,(H,13,14,15). The largest absolute Gasteiger partial charge is 0.197 e. The van der Waals surface area contributed by atoms with E-state index in [1.165, 1.54) is 16.3 Å². The van der Waals surface area contributed by atoms with Crippen molar-refractivity contribution in [3.05, 3.63) is 35.9 Å². The topological polar surface area (TPSA) is 41.6 Å². The first-order valence-corrected chi connectivity index (χ1v) is 5.11. The molecular weight excluding hydrogens is 186 g/mol. The van der Waals surface area contributed by atoms with Crippen LogP contribution in [0.4, 0.5) is 0 Å². The van der Waals surface area contributed by atoms with Crippen LogP contribution in [-0.2, 0) is 6.42 Å². The third-order valence-corrected chi connectivity index (χ3v) is 2.79. The second-order valence-corrected chi connectivity index (χ2v) is 3.63. The zero-order chi connectivity index (χ0) is 10.3. The molecule has 74 valence electrons. The lowest BCUT2D eigenvalue weighted by molar-refractivity contribution is 0.960. The van der Waals surface area contributed by atoms with Gasteiger partial charge in [0.25, 0.3) is 0 Å². The fourth-order valence-corrected chi connectivity index (χ4v) is 2.04. The van der Waals surface area contributed by atoms with Gasteiger partial charge >= 0.3 is 0 Å². The summed E-state index contributed by atoms with van der Waals surface area (Å²) in [5.41, 5.74) is 3.24. The van der Waals surface area contributed by atoms with Crippen molar-refractivity contribution in [2.45, 2.75) is 13.3 Å². The Labute approximate surface area is 87.1 Å². The number of nitrogens with one attached hydrogen (secondary N) is 1. The molecule has 1 heterocycles. The fraction of sp³-hybridized carbons (Fsp3) is 0.167. The molecule has 0 aliphatic rings. The Morgan fingerprint density at radius 1 is 1.13 bits per heavy atom. The third-order valence-electron chi connectivity index (χ3n) is 2.79. The van der Waals surface area contributed by atoms with Crippen LogP contribution in [0.5, 0.6) is 0 Å². The molecule has 3 nitrogen and oxygen atoms in total. The maximum absolute atomic E-state index is 4.19. The number of fused-ring (bicyclic) bond motifs is 3. The molecule has 3 rings (SSSR count). The number of aromatic amines is 1. The summed E-state index contributed by atoms with van der Waals surface area (Å²) in [6.07, 6.45) is 1.02. The number of benzene rings is 2. The van der Waals surface area contributed by atoms with Crippen molar-refractivity contribution in [2.24, 2.45) is 0 Å². The molecule has 0 atom stereocenters. The van der Waals surface area contributed by atoms with Gasteiger partial charge in [-0.05, 0) is 23.4 Å². The first-order chi connectivity index (χ1) is 7.40. The van der Waals surface area contributed by atoms with Crippen molar-refractivity contribution in [1.82, 2.24) is 15.4 Å². The van der Waals surface area contributed by atoms with E-state index in [1.54, 1.807) is 0 Å². The number of nitrogens with zero attached hydrogens (tertiary/aromatic N) is 2. The van der Waals surface area contributed by atoms with E-state index in [9.17, 15) is 0 Å². The molecule has 0 bridgehead atoms. The van der Waals surface area contributed by atoms with Crippen LogP contribution in [0.1, 0.15) is 12.5 Å². The summed E-state index contributed by atoms with van der Waals surface area (Å²) in [5, 5.41) is 13.5. The Bertz CT molecular complexity index is 625. The van der Waals surface area contributed by atoms with E-state index in [-0.39, 0.29) is 0 Å². The summed E-state index contributed by atoms with van der Waals surface area (Å²) >= 11 is 0. The van der Waals surface area contributed by atoms with Crippen LogP contribution in [0.3, 0.4) is 0 Å². The fourth-order valence-electron chi connectivity index (χ4n) is 2.04. The molecule has 3 heteroatoms. The summed E-state index contributed by atoms with van der Waals surface area (Å²) in [5.74, 6) is 0. The lowest BCUT2D eigenvalue weighted by Gasteiger charge is -2.03. The van der Waals surface area contributed by atoms with Crippen molar-refractivity contribution in [3.63, 3.8) is 0 Å². The Morgan fingerprint density at radius 2 is 1.93 bits per heavy atom. The molecule has 0 unspecified atom stereocenters. The number of hydrogen-bond donors (Lipinski definition) is 1. The van der Waals surface area contributed by atoms with Gasteiger partial charge in [-0.1, -0.05) is 31.2 Å². The van der Waals surface area contributed by atoms with Gasteiger partial charge in [-0.3, -0.25) is 0 Å². The molecule has 0 fully saturated rings. The summed E-state index contributed by atoms with van der Waals surface area (Å²) in [6, 6.07) is 10.5. The molecule has 2 aromatic carbocycles. The Balaban J connectivity index is 2.58. The van der Waals surface area contributed by atoms with Gasteiger partial charge in [0, 0.05) is 5.39 Å². The van der Waals surface area contributed by atoms with Crippen LogP contribution in [0.15, 0.2) is 30.3 Å². The molecule has 0 saturated heterocycles. The molecule has 1 N–H and O–H groups in total. The van der Waals surface area contributed by atoms with Gasteiger partial charge in [0.1, 0.15) is 11.0 Å². The molecule has 0 aliphatic carbocycles. The van der Waals surface area contributed by atoms with Gasteiger partial charge < -0.3 is 0 Å². The highest BCUT2D eigenvalue weighted by atomic mass is 15.3. The smallest absolute Gasteiger partial charge is 0.120 e. The van der Waals surface area contributed by atoms with Crippen LogP contribution in [0.25, 0.3) is 21.8 Å². The lowest BCUT2D eigenvalue weighted by atomic mass is 10.0. The van der Waals surface area contributed by atoms with Crippen LogP contribution in [0.2, 0.25) is 0 Å². The zero-order valence-electron chi connectivity index (χ0n) is 8.49. The molecular formula is C12H11N3. The lowest BCUT2D eigenvalue weighted by Crippen LogP contribution is -1.85. The zero-order valence-corrected chi connectivity index (χ0v) is 8.49. The molecule has 0 amide bonds. The van der Waals surface area contributed by atoms with Gasteiger partial charge in [0.2, 0.25) is 0 Å². The second-order valence-electron chi connectivity index (χ2n) is 3.63. The van der Waals surface area contributed by atoms with Gasteiger partial charge in [-0.15, -0.1) is 0 Å². The summed E-state index contributed by atoms with van der Waals surface area (Å²) in [6.45, 7) is 2.16. The summed E-state index contributed by atoms with van der Waals surface area (Å²) in [4.78, 5) is 0. The maximum atomic E-state index is 4.19. The second kappa shape index (κ2) is 3.05. The quantitative estimate of drug-likeness (QED) is 0.651. The number of hydrogen-bond acceptors (Lipinski definition) is 2. The van der Waals surface area contributed by atoms with Crippen LogP contribution in [-0.4, -0.2) is 15.4 Å². The van der Waals surface area contributed by atoms with E-state index < -0.39 is 0 Å². The molecule has 0 spiro atoms. The predicted molar refractivity (Wildman–Crippen MR) is 60.8 cm³/mol. The monoisotopic (exact) mass is 197 g/mol. The molecule has 0 aliphatic heterocycles. The molecule has 1 aromatic heterocycles. The minimum atomic E-state index is 0.950.